The maximum absolute atomic E-state index is 10.5. The number of carboxylic acids is 1. The second-order valence-corrected chi connectivity index (χ2v) is 3.89. The lowest BCUT2D eigenvalue weighted by atomic mass is 10.2. The highest BCUT2D eigenvalue weighted by Crippen LogP contribution is 2.13. The van der Waals surface area contributed by atoms with Crippen molar-refractivity contribution in [3.05, 3.63) is 36.0 Å². The molecule has 1 aliphatic heterocycles. The molecule has 0 bridgehead atoms. The van der Waals surface area contributed by atoms with Crippen LogP contribution in [0.5, 0.6) is 0 Å². The van der Waals surface area contributed by atoms with Gasteiger partial charge in [0.2, 0.25) is 0 Å². The van der Waals surface area contributed by atoms with Gasteiger partial charge in [-0.1, -0.05) is 18.2 Å². The fourth-order valence-electron chi connectivity index (χ4n) is 1.70. The van der Waals surface area contributed by atoms with Gasteiger partial charge in [-0.2, -0.15) is 0 Å². The van der Waals surface area contributed by atoms with Crippen molar-refractivity contribution >= 4 is 16.9 Å². The third-order valence-electron chi connectivity index (χ3n) is 2.59. The number of ether oxygens (including phenoxy) is 1. The number of H-pyrrole nitrogens is 1. The smallest absolute Gasteiger partial charge is 0.352 e. The van der Waals surface area contributed by atoms with Gasteiger partial charge in [0.25, 0.3) is 0 Å². The van der Waals surface area contributed by atoms with E-state index in [-0.39, 0.29) is 5.69 Å². The number of rotatable bonds is 1. The van der Waals surface area contributed by atoms with Crippen molar-refractivity contribution in [2.75, 3.05) is 13.2 Å². The Kier molecular flexibility index (Phi) is 3.77. The van der Waals surface area contributed by atoms with Crippen molar-refractivity contribution in [1.82, 2.24) is 4.98 Å². The number of aromatic nitrogens is 1. The normalized spacial score (nSPS) is 14.4. The van der Waals surface area contributed by atoms with Gasteiger partial charge in [-0.15, -0.1) is 0 Å². The lowest BCUT2D eigenvalue weighted by molar-refractivity contribution is 0.0691. The van der Waals surface area contributed by atoms with Crippen molar-refractivity contribution in [3.8, 4) is 0 Å². The minimum absolute atomic E-state index is 0.233. The monoisotopic (exact) mass is 233 g/mol. The molecule has 90 valence electrons. The Labute approximate surface area is 99.2 Å². The highest BCUT2D eigenvalue weighted by Gasteiger charge is 2.05. The summed E-state index contributed by atoms with van der Waals surface area (Å²) in [6.07, 6.45) is 2.56. The molecule has 3 rings (SSSR count). The molecule has 0 spiro atoms. The Morgan fingerprint density at radius 3 is 2.47 bits per heavy atom. The molecular formula is C13H15NO3. The fraction of sp³-hybridized carbons (Fsp3) is 0.308. The van der Waals surface area contributed by atoms with E-state index in [9.17, 15) is 4.79 Å². The molecular weight excluding hydrogens is 218 g/mol. The van der Waals surface area contributed by atoms with E-state index in [0.29, 0.717) is 0 Å². The van der Waals surface area contributed by atoms with Crippen LogP contribution in [0.25, 0.3) is 10.9 Å². The van der Waals surface area contributed by atoms with E-state index in [1.807, 2.05) is 24.3 Å². The number of carbonyl (C=O) groups is 1. The van der Waals surface area contributed by atoms with Gasteiger partial charge >= 0.3 is 5.97 Å². The van der Waals surface area contributed by atoms with Crippen molar-refractivity contribution in [2.24, 2.45) is 0 Å². The number of hydrogen-bond acceptors (Lipinski definition) is 2. The summed E-state index contributed by atoms with van der Waals surface area (Å²) < 4.78 is 4.94. The number of benzene rings is 1. The molecule has 0 saturated carbocycles. The number of hydrogen-bond donors (Lipinski definition) is 2. The molecule has 0 atom stereocenters. The zero-order valence-corrected chi connectivity index (χ0v) is 9.48. The first-order valence-corrected chi connectivity index (χ1v) is 5.66. The minimum atomic E-state index is -0.925. The molecule has 1 aromatic carbocycles. The Morgan fingerprint density at radius 1 is 1.24 bits per heavy atom. The van der Waals surface area contributed by atoms with E-state index in [2.05, 4.69) is 4.98 Å². The van der Waals surface area contributed by atoms with E-state index in [0.717, 1.165) is 24.1 Å². The van der Waals surface area contributed by atoms with Crippen LogP contribution in [0.1, 0.15) is 23.3 Å². The summed E-state index contributed by atoms with van der Waals surface area (Å²) in [5.74, 6) is -0.925. The summed E-state index contributed by atoms with van der Waals surface area (Å²) in [6.45, 7) is 2.00. The van der Waals surface area contributed by atoms with Gasteiger partial charge in [0.05, 0.1) is 0 Å². The lowest BCUT2D eigenvalue weighted by Crippen LogP contribution is -1.94. The second-order valence-electron chi connectivity index (χ2n) is 3.89. The van der Waals surface area contributed by atoms with Crippen LogP contribution in [0.2, 0.25) is 0 Å². The van der Waals surface area contributed by atoms with Crippen LogP contribution in [-0.2, 0) is 4.74 Å². The van der Waals surface area contributed by atoms with E-state index in [4.69, 9.17) is 9.84 Å². The number of nitrogens with one attached hydrogen (secondary N) is 1. The van der Waals surface area contributed by atoms with Crippen molar-refractivity contribution in [1.29, 1.82) is 0 Å². The summed E-state index contributed by atoms with van der Waals surface area (Å²) in [4.78, 5) is 13.3. The maximum atomic E-state index is 10.5. The summed E-state index contributed by atoms with van der Waals surface area (Å²) in [7, 11) is 0. The van der Waals surface area contributed by atoms with E-state index in [1.54, 1.807) is 6.07 Å². The van der Waals surface area contributed by atoms with Gasteiger partial charge in [-0.05, 0) is 25.0 Å². The molecule has 2 aromatic rings. The van der Waals surface area contributed by atoms with Crippen molar-refractivity contribution < 1.29 is 14.6 Å². The first kappa shape index (κ1) is 11.7. The molecule has 2 N–H and O–H groups in total. The third kappa shape index (κ3) is 3.07. The molecule has 0 radical (unpaired) electrons. The minimum Gasteiger partial charge on any atom is -0.477 e. The summed E-state index contributed by atoms with van der Waals surface area (Å²) in [6, 6.07) is 9.09. The average Bonchev–Trinajstić information content (AvgIpc) is 3.01. The lowest BCUT2D eigenvalue weighted by Gasteiger charge is -1.84. The van der Waals surface area contributed by atoms with Crippen molar-refractivity contribution in [2.45, 2.75) is 12.8 Å². The van der Waals surface area contributed by atoms with Crippen LogP contribution in [-0.4, -0.2) is 29.3 Å². The summed E-state index contributed by atoms with van der Waals surface area (Å²) in [5, 5.41) is 9.58. The Bertz CT molecular complexity index is 459. The van der Waals surface area contributed by atoms with E-state index in [1.165, 1.54) is 12.8 Å². The molecule has 4 heteroatoms. The van der Waals surface area contributed by atoms with Gasteiger partial charge in [0.1, 0.15) is 5.69 Å². The Hall–Kier alpha value is -1.81. The topological polar surface area (TPSA) is 62.3 Å². The molecule has 17 heavy (non-hydrogen) atoms. The number of para-hydroxylation sites is 1. The van der Waals surface area contributed by atoms with Crippen LogP contribution in [0.15, 0.2) is 30.3 Å². The van der Waals surface area contributed by atoms with Gasteiger partial charge < -0.3 is 14.8 Å². The number of fused-ring (bicyclic) bond motifs is 1. The van der Waals surface area contributed by atoms with Crippen LogP contribution in [0.3, 0.4) is 0 Å². The van der Waals surface area contributed by atoms with Crippen LogP contribution in [0, 0.1) is 0 Å². The number of aromatic amines is 1. The SMILES string of the molecule is C1CCOC1.O=C(O)c1cc2ccccc2[nH]1. The van der Waals surface area contributed by atoms with E-state index >= 15 is 0 Å². The van der Waals surface area contributed by atoms with Gasteiger partial charge in [0.15, 0.2) is 0 Å². The molecule has 1 aromatic heterocycles. The first-order chi connectivity index (χ1) is 8.27. The van der Waals surface area contributed by atoms with Crippen LogP contribution >= 0.6 is 0 Å². The molecule has 1 aliphatic rings. The first-order valence-electron chi connectivity index (χ1n) is 5.66. The Morgan fingerprint density at radius 2 is 1.94 bits per heavy atom. The molecule has 1 fully saturated rings. The van der Waals surface area contributed by atoms with Crippen LogP contribution < -0.4 is 0 Å². The third-order valence-corrected chi connectivity index (χ3v) is 2.59. The highest BCUT2D eigenvalue weighted by molar-refractivity contribution is 5.93. The number of aromatic carboxylic acids is 1. The molecule has 1 saturated heterocycles. The maximum Gasteiger partial charge on any atom is 0.352 e. The largest absolute Gasteiger partial charge is 0.477 e. The predicted octanol–water partition coefficient (Wildman–Crippen LogP) is 2.66. The predicted molar refractivity (Wildman–Crippen MR) is 65.3 cm³/mol. The molecule has 2 heterocycles. The highest BCUT2D eigenvalue weighted by atomic mass is 16.5. The van der Waals surface area contributed by atoms with Crippen LogP contribution in [0.4, 0.5) is 0 Å². The average molecular weight is 233 g/mol. The Balaban J connectivity index is 0.000000181. The quantitative estimate of drug-likeness (QED) is 0.796. The zero-order chi connectivity index (χ0) is 12.1. The second kappa shape index (κ2) is 5.50. The number of carboxylic acid groups (broad SMARTS) is 1. The molecule has 0 amide bonds. The summed E-state index contributed by atoms with van der Waals surface area (Å²) >= 11 is 0. The zero-order valence-electron chi connectivity index (χ0n) is 9.48. The molecule has 0 unspecified atom stereocenters. The van der Waals surface area contributed by atoms with Gasteiger partial charge in [0, 0.05) is 24.1 Å². The fourth-order valence-corrected chi connectivity index (χ4v) is 1.70. The standard InChI is InChI=1S/C9H7NO2.C4H8O/c11-9(12)8-5-6-3-1-2-4-7(6)10-8;1-2-4-5-3-1/h1-5,10H,(H,11,12);1-4H2. The van der Waals surface area contributed by atoms with Gasteiger partial charge in [-0.3, -0.25) is 0 Å². The molecule has 4 nitrogen and oxygen atoms in total. The van der Waals surface area contributed by atoms with E-state index < -0.39 is 5.97 Å². The van der Waals surface area contributed by atoms with Crippen molar-refractivity contribution in [3.63, 3.8) is 0 Å². The summed E-state index contributed by atoms with van der Waals surface area (Å²) in [5.41, 5.74) is 1.09. The van der Waals surface area contributed by atoms with Gasteiger partial charge in [-0.25, -0.2) is 4.79 Å². The molecule has 0 aliphatic carbocycles.